The molecule has 0 aliphatic heterocycles. The van der Waals surface area contributed by atoms with Crippen molar-refractivity contribution in [1.82, 2.24) is 4.98 Å². The van der Waals surface area contributed by atoms with E-state index in [0.717, 1.165) is 24.3 Å². The zero-order valence-electron chi connectivity index (χ0n) is 10.9. The summed E-state index contributed by atoms with van der Waals surface area (Å²) in [6.07, 6.45) is -2.94. The van der Waals surface area contributed by atoms with Gasteiger partial charge in [0.1, 0.15) is 5.69 Å². The molecule has 1 amide bonds. The van der Waals surface area contributed by atoms with Gasteiger partial charge in [0, 0.05) is 11.8 Å². The average molecular weight is 296 g/mol. The predicted octanol–water partition coefficient (Wildman–Crippen LogP) is 3.36. The van der Waals surface area contributed by atoms with Gasteiger partial charge >= 0.3 is 6.18 Å². The van der Waals surface area contributed by atoms with Crippen LogP contribution in [0.15, 0.2) is 42.6 Å². The fourth-order valence-corrected chi connectivity index (χ4v) is 1.65. The van der Waals surface area contributed by atoms with Crippen LogP contribution in [0.3, 0.4) is 0 Å². The number of ether oxygens (including phenoxy) is 1. The predicted molar refractivity (Wildman–Crippen MR) is 70.2 cm³/mol. The van der Waals surface area contributed by atoms with E-state index < -0.39 is 17.6 Å². The number of hydrogen-bond acceptors (Lipinski definition) is 3. The SMILES string of the molecule is COc1ncccc1NC(=O)c1ccc(C(F)(F)F)cc1. The van der Waals surface area contributed by atoms with Gasteiger partial charge in [-0.05, 0) is 36.4 Å². The van der Waals surface area contributed by atoms with Gasteiger partial charge in [0.2, 0.25) is 5.88 Å². The number of carbonyl (C=O) groups excluding carboxylic acids is 1. The van der Waals surface area contributed by atoms with E-state index >= 15 is 0 Å². The lowest BCUT2D eigenvalue weighted by Crippen LogP contribution is -2.13. The van der Waals surface area contributed by atoms with Gasteiger partial charge in [0.25, 0.3) is 5.91 Å². The highest BCUT2D eigenvalue weighted by molar-refractivity contribution is 6.04. The first-order valence-corrected chi connectivity index (χ1v) is 5.89. The summed E-state index contributed by atoms with van der Waals surface area (Å²) < 4.78 is 42.3. The van der Waals surface area contributed by atoms with Gasteiger partial charge in [-0.2, -0.15) is 13.2 Å². The summed E-state index contributed by atoms with van der Waals surface area (Å²) in [5.74, 6) is -0.326. The van der Waals surface area contributed by atoms with Crippen LogP contribution in [-0.2, 0) is 6.18 Å². The molecule has 0 aliphatic rings. The van der Waals surface area contributed by atoms with E-state index in [0.29, 0.717) is 5.69 Å². The number of benzene rings is 1. The van der Waals surface area contributed by atoms with E-state index in [4.69, 9.17) is 4.74 Å². The van der Waals surface area contributed by atoms with Gasteiger partial charge in [-0.15, -0.1) is 0 Å². The number of amides is 1. The first kappa shape index (κ1) is 14.8. The third-order valence-electron chi connectivity index (χ3n) is 2.69. The van der Waals surface area contributed by atoms with Crippen molar-refractivity contribution in [3.05, 3.63) is 53.7 Å². The van der Waals surface area contributed by atoms with Crippen molar-refractivity contribution < 1.29 is 22.7 Å². The minimum absolute atomic E-state index is 0.105. The lowest BCUT2D eigenvalue weighted by molar-refractivity contribution is -0.137. The molecule has 0 spiro atoms. The summed E-state index contributed by atoms with van der Waals surface area (Å²) in [6.45, 7) is 0. The van der Waals surface area contributed by atoms with Crippen LogP contribution in [-0.4, -0.2) is 18.0 Å². The van der Waals surface area contributed by atoms with E-state index in [2.05, 4.69) is 10.3 Å². The normalized spacial score (nSPS) is 11.0. The second-order valence-electron chi connectivity index (χ2n) is 4.09. The number of methoxy groups -OCH3 is 1. The maximum absolute atomic E-state index is 12.4. The number of anilines is 1. The van der Waals surface area contributed by atoms with Crippen LogP contribution in [0, 0.1) is 0 Å². The summed E-state index contributed by atoms with van der Waals surface area (Å²) in [7, 11) is 1.40. The zero-order valence-corrected chi connectivity index (χ0v) is 10.9. The molecule has 0 bridgehead atoms. The quantitative estimate of drug-likeness (QED) is 0.945. The van der Waals surface area contributed by atoms with Crippen LogP contribution in [0.25, 0.3) is 0 Å². The van der Waals surface area contributed by atoms with Crippen molar-refractivity contribution in [1.29, 1.82) is 0 Å². The number of nitrogens with one attached hydrogen (secondary N) is 1. The average Bonchev–Trinajstić information content (AvgIpc) is 2.47. The molecular formula is C14H11F3N2O2. The molecule has 0 saturated heterocycles. The number of alkyl halides is 3. The highest BCUT2D eigenvalue weighted by Crippen LogP contribution is 2.29. The number of carbonyl (C=O) groups is 1. The van der Waals surface area contributed by atoms with E-state index in [1.54, 1.807) is 12.1 Å². The fraction of sp³-hybridized carbons (Fsp3) is 0.143. The van der Waals surface area contributed by atoms with E-state index in [-0.39, 0.29) is 11.4 Å². The maximum atomic E-state index is 12.4. The maximum Gasteiger partial charge on any atom is 0.416 e. The third-order valence-corrected chi connectivity index (χ3v) is 2.69. The van der Waals surface area contributed by atoms with Crippen LogP contribution in [0.5, 0.6) is 5.88 Å². The van der Waals surface area contributed by atoms with Gasteiger partial charge in [0.05, 0.1) is 12.7 Å². The standard InChI is InChI=1S/C14H11F3N2O2/c1-21-13-11(3-2-8-18-13)19-12(20)9-4-6-10(7-5-9)14(15,16)17/h2-8H,1H3,(H,19,20). The van der Waals surface area contributed by atoms with Gasteiger partial charge in [-0.25, -0.2) is 4.98 Å². The van der Waals surface area contributed by atoms with Crippen molar-refractivity contribution in [2.24, 2.45) is 0 Å². The lowest BCUT2D eigenvalue weighted by atomic mass is 10.1. The molecule has 0 unspecified atom stereocenters. The summed E-state index contributed by atoms with van der Waals surface area (Å²) >= 11 is 0. The van der Waals surface area contributed by atoms with Gasteiger partial charge in [-0.3, -0.25) is 4.79 Å². The smallest absolute Gasteiger partial charge is 0.416 e. The first-order valence-electron chi connectivity index (χ1n) is 5.89. The van der Waals surface area contributed by atoms with E-state index in [1.807, 2.05) is 0 Å². The molecule has 1 aromatic heterocycles. The molecule has 0 atom stereocenters. The highest BCUT2D eigenvalue weighted by atomic mass is 19.4. The van der Waals surface area contributed by atoms with Gasteiger partial charge < -0.3 is 10.1 Å². The summed E-state index contributed by atoms with van der Waals surface area (Å²) in [5, 5.41) is 2.53. The van der Waals surface area contributed by atoms with E-state index in [9.17, 15) is 18.0 Å². The molecule has 110 valence electrons. The van der Waals surface area contributed by atoms with Crippen molar-refractivity contribution in [2.75, 3.05) is 12.4 Å². The van der Waals surface area contributed by atoms with Crippen LogP contribution in [0.4, 0.5) is 18.9 Å². The Bertz CT molecular complexity index is 639. The minimum Gasteiger partial charge on any atom is -0.480 e. The molecule has 1 heterocycles. The number of nitrogens with zero attached hydrogens (tertiary/aromatic N) is 1. The molecule has 0 saturated carbocycles. The topological polar surface area (TPSA) is 51.2 Å². The number of halogens is 3. The second-order valence-corrected chi connectivity index (χ2v) is 4.09. The summed E-state index contributed by atoms with van der Waals surface area (Å²) in [6, 6.07) is 7.12. The number of aromatic nitrogens is 1. The van der Waals surface area contributed by atoms with Crippen molar-refractivity contribution in [3.8, 4) is 5.88 Å². The van der Waals surface area contributed by atoms with Crippen LogP contribution in [0.2, 0.25) is 0 Å². The summed E-state index contributed by atoms with van der Waals surface area (Å²) in [4.78, 5) is 15.9. The molecule has 1 N–H and O–H groups in total. The Morgan fingerprint density at radius 2 is 1.86 bits per heavy atom. The summed E-state index contributed by atoms with van der Waals surface area (Å²) in [5.41, 5.74) is -0.364. The van der Waals surface area contributed by atoms with Crippen molar-refractivity contribution >= 4 is 11.6 Å². The van der Waals surface area contributed by atoms with Gasteiger partial charge in [-0.1, -0.05) is 0 Å². The first-order chi connectivity index (χ1) is 9.91. The van der Waals surface area contributed by atoms with Crippen LogP contribution >= 0.6 is 0 Å². The number of pyridine rings is 1. The Kier molecular flexibility index (Phi) is 4.11. The molecule has 0 aliphatic carbocycles. The van der Waals surface area contributed by atoms with Crippen LogP contribution < -0.4 is 10.1 Å². The Morgan fingerprint density at radius 3 is 2.43 bits per heavy atom. The molecule has 0 fully saturated rings. The minimum atomic E-state index is -4.43. The molecule has 7 heteroatoms. The zero-order chi connectivity index (χ0) is 15.5. The molecule has 0 radical (unpaired) electrons. The number of hydrogen-bond donors (Lipinski definition) is 1. The molecular weight excluding hydrogens is 285 g/mol. The monoisotopic (exact) mass is 296 g/mol. The highest BCUT2D eigenvalue weighted by Gasteiger charge is 2.30. The van der Waals surface area contributed by atoms with Crippen molar-refractivity contribution in [3.63, 3.8) is 0 Å². The third kappa shape index (κ3) is 3.50. The van der Waals surface area contributed by atoms with E-state index in [1.165, 1.54) is 13.3 Å². The van der Waals surface area contributed by atoms with Crippen molar-refractivity contribution in [2.45, 2.75) is 6.18 Å². The Morgan fingerprint density at radius 1 is 1.19 bits per heavy atom. The molecule has 2 aromatic rings. The Balaban J connectivity index is 2.17. The molecule has 1 aromatic carbocycles. The Labute approximate surface area is 118 Å². The second kappa shape index (κ2) is 5.82. The van der Waals surface area contributed by atoms with Crippen LogP contribution in [0.1, 0.15) is 15.9 Å². The lowest BCUT2D eigenvalue weighted by Gasteiger charge is -2.10. The fourth-order valence-electron chi connectivity index (χ4n) is 1.65. The Hall–Kier alpha value is -2.57. The molecule has 21 heavy (non-hydrogen) atoms. The molecule has 4 nitrogen and oxygen atoms in total. The van der Waals surface area contributed by atoms with Gasteiger partial charge in [0.15, 0.2) is 0 Å². The number of rotatable bonds is 3. The largest absolute Gasteiger partial charge is 0.480 e. The molecule has 2 rings (SSSR count).